The van der Waals surface area contributed by atoms with Gasteiger partial charge in [-0.1, -0.05) is 51.1 Å². The molecule has 2 unspecified atom stereocenters. The second-order valence-electron chi connectivity index (χ2n) is 9.11. The summed E-state index contributed by atoms with van der Waals surface area (Å²) in [5, 5.41) is 6.78. The maximum absolute atomic E-state index is 6.12. The van der Waals surface area contributed by atoms with Crippen molar-refractivity contribution in [2.75, 3.05) is 33.3 Å². The van der Waals surface area contributed by atoms with Crippen molar-refractivity contribution >= 4 is 41.3 Å². The van der Waals surface area contributed by atoms with Gasteiger partial charge in [0.25, 0.3) is 0 Å². The number of rotatable bonds is 4. The Morgan fingerprint density at radius 3 is 2.71 bits per heavy atom. The molecule has 2 aliphatic rings. The van der Waals surface area contributed by atoms with Gasteiger partial charge in [-0.2, -0.15) is 0 Å². The topological polar surface area (TPSA) is 53.0 Å². The van der Waals surface area contributed by atoms with Crippen LogP contribution in [0, 0.1) is 0 Å². The normalized spacial score (nSPS) is 22.2. The summed E-state index contributed by atoms with van der Waals surface area (Å²) in [6, 6.07) is 11.1. The Kier molecular flexibility index (Phi) is 8.34. The van der Waals surface area contributed by atoms with Gasteiger partial charge in [0.2, 0.25) is 0 Å². The van der Waals surface area contributed by atoms with Gasteiger partial charge in [-0.25, -0.2) is 4.98 Å². The van der Waals surface area contributed by atoms with E-state index in [4.69, 9.17) is 9.72 Å². The fraction of sp³-hybridized carbons (Fsp3) is 0.565. The van der Waals surface area contributed by atoms with Crippen molar-refractivity contribution < 1.29 is 4.74 Å². The molecule has 2 fully saturated rings. The number of aromatic nitrogens is 1. The number of morpholine rings is 1. The van der Waals surface area contributed by atoms with E-state index in [0.29, 0.717) is 12.6 Å². The van der Waals surface area contributed by atoms with Gasteiger partial charge in [-0.15, -0.1) is 35.3 Å². The van der Waals surface area contributed by atoms with Gasteiger partial charge >= 0.3 is 0 Å². The van der Waals surface area contributed by atoms with E-state index >= 15 is 0 Å². The molecule has 0 aliphatic carbocycles. The van der Waals surface area contributed by atoms with Gasteiger partial charge in [0.15, 0.2) is 5.96 Å². The zero-order valence-electron chi connectivity index (χ0n) is 18.9. The average molecular weight is 556 g/mol. The van der Waals surface area contributed by atoms with Gasteiger partial charge in [-0.3, -0.25) is 9.89 Å². The molecule has 0 bridgehead atoms. The fourth-order valence-electron chi connectivity index (χ4n) is 4.17. The SMILES string of the molecule is CN=C(NCc1nc(C(C)(C)C)cs1)N1CC2OCCN(Cc3ccccc3)C2C1.I. The van der Waals surface area contributed by atoms with E-state index in [0.717, 1.165) is 49.4 Å². The van der Waals surface area contributed by atoms with E-state index in [2.05, 4.69) is 76.6 Å². The highest BCUT2D eigenvalue weighted by atomic mass is 127. The van der Waals surface area contributed by atoms with Crippen molar-refractivity contribution in [2.24, 2.45) is 4.99 Å². The number of hydrogen-bond acceptors (Lipinski definition) is 5. The summed E-state index contributed by atoms with van der Waals surface area (Å²) in [4.78, 5) is 14.2. The van der Waals surface area contributed by atoms with Crippen LogP contribution in [0.3, 0.4) is 0 Å². The predicted octanol–water partition coefficient (Wildman–Crippen LogP) is 3.72. The number of guanidine groups is 1. The summed E-state index contributed by atoms with van der Waals surface area (Å²) < 4.78 is 6.12. The number of nitrogens with one attached hydrogen (secondary N) is 1. The van der Waals surface area contributed by atoms with Gasteiger partial charge < -0.3 is 15.0 Å². The standard InChI is InChI=1S/C23H33N5OS.HI/c1-23(2,3)20-16-30-21(26-20)12-25-22(24-4)28-14-18-19(15-28)29-11-10-27(18)13-17-8-6-5-7-9-17;/h5-9,16,18-19H,10-15H2,1-4H3,(H,24,25);1H. The van der Waals surface area contributed by atoms with Gasteiger partial charge in [-0.05, 0) is 5.56 Å². The maximum atomic E-state index is 6.12. The van der Waals surface area contributed by atoms with Gasteiger partial charge in [0.05, 0.1) is 31.0 Å². The van der Waals surface area contributed by atoms with E-state index in [9.17, 15) is 0 Å². The zero-order valence-corrected chi connectivity index (χ0v) is 22.0. The Balaban J connectivity index is 0.00000272. The number of fused-ring (bicyclic) bond motifs is 1. The minimum Gasteiger partial charge on any atom is -0.373 e. The third kappa shape index (κ3) is 5.97. The molecule has 4 rings (SSSR count). The Hall–Kier alpha value is -1.23. The van der Waals surface area contributed by atoms with Crippen LogP contribution in [-0.4, -0.2) is 66.2 Å². The number of thiazole rings is 1. The molecule has 2 aromatic rings. The van der Waals surface area contributed by atoms with Crippen molar-refractivity contribution in [3.63, 3.8) is 0 Å². The second kappa shape index (κ2) is 10.6. The monoisotopic (exact) mass is 555 g/mol. The summed E-state index contributed by atoms with van der Waals surface area (Å²) in [5.41, 5.74) is 2.59. The number of likely N-dealkylation sites (tertiary alicyclic amines) is 1. The highest BCUT2D eigenvalue weighted by Crippen LogP contribution is 2.26. The molecular weight excluding hydrogens is 521 g/mol. The molecule has 0 amide bonds. The average Bonchev–Trinajstić information content (AvgIpc) is 3.37. The first-order valence-electron chi connectivity index (χ1n) is 10.7. The first kappa shape index (κ1) is 24.4. The molecule has 170 valence electrons. The summed E-state index contributed by atoms with van der Waals surface area (Å²) in [7, 11) is 1.86. The molecule has 2 atom stereocenters. The third-order valence-electron chi connectivity index (χ3n) is 5.87. The molecule has 1 aromatic heterocycles. The lowest BCUT2D eigenvalue weighted by Gasteiger charge is -2.36. The van der Waals surface area contributed by atoms with Crippen LogP contribution in [-0.2, 0) is 23.2 Å². The molecular formula is C23H34IN5OS. The second-order valence-corrected chi connectivity index (χ2v) is 10.1. The van der Waals surface area contributed by atoms with Crippen molar-refractivity contribution in [2.45, 2.75) is 51.4 Å². The number of aliphatic imine (C=N–C) groups is 1. The molecule has 8 heteroatoms. The number of ether oxygens (including phenoxy) is 1. The molecule has 1 N–H and O–H groups in total. The van der Waals surface area contributed by atoms with Crippen molar-refractivity contribution in [3.8, 4) is 0 Å². The largest absolute Gasteiger partial charge is 0.373 e. The number of halogens is 1. The van der Waals surface area contributed by atoms with Crippen LogP contribution < -0.4 is 5.32 Å². The lowest BCUT2D eigenvalue weighted by molar-refractivity contribution is -0.0502. The summed E-state index contributed by atoms with van der Waals surface area (Å²) in [6.45, 7) is 11.9. The first-order chi connectivity index (χ1) is 14.4. The van der Waals surface area contributed by atoms with E-state index in [1.54, 1.807) is 11.3 Å². The summed E-state index contributed by atoms with van der Waals surface area (Å²) >= 11 is 1.71. The van der Waals surface area contributed by atoms with Crippen LogP contribution in [0.15, 0.2) is 40.7 Å². The molecule has 0 saturated carbocycles. The molecule has 2 saturated heterocycles. The van der Waals surface area contributed by atoms with Crippen LogP contribution in [0.5, 0.6) is 0 Å². The smallest absolute Gasteiger partial charge is 0.194 e. The fourth-order valence-corrected chi connectivity index (χ4v) is 5.13. The zero-order chi connectivity index (χ0) is 21.1. The number of hydrogen-bond donors (Lipinski definition) is 1. The Morgan fingerprint density at radius 2 is 2.03 bits per heavy atom. The van der Waals surface area contributed by atoms with Crippen LogP contribution >= 0.6 is 35.3 Å². The quantitative estimate of drug-likeness (QED) is 0.354. The lowest BCUT2D eigenvalue weighted by Crippen LogP contribution is -2.50. The van der Waals surface area contributed by atoms with E-state index < -0.39 is 0 Å². The van der Waals surface area contributed by atoms with Crippen molar-refractivity contribution in [1.82, 2.24) is 20.1 Å². The van der Waals surface area contributed by atoms with Crippen LogP contribution in [0.2, 0.25) is 0 Å². The molecule has 31 heavy (non-hydrogen) atoms. The first-order valence-corrected chi connectivity index (χ1v) is 11.6. The maximum Gasteiger partial charge on any atom is 0.194 e. The van der Waals surface area contributed by atoms with Crippen LogP contribution in [0.1, 0.15) is 37.0 Å². The summed E-state index contributed by atoms with van der Waals surface area (Å²) in [6.07, 6.45) is 0.230. The van der Waals surface area contributed by atoms with Crippen molar-refractivity contribution in [1.29, 1.82) is 0 Å². The minimum absolute atomic E-state index is 0. The third-order valence-corrected chi connectivity index (χ3v) is 6.72. The number of benzene rings is 1. The highest BCUT2D eigenvalue weighted by molar-refractivity contribution is 14.0. The van der Waals surface area contributed by atoms with Crippen LogP contribution in [0.25, 0.3) is 0 Å². The van der Waals surface area contributed by atoms with Gasteiger partial charge in [0, 0.05) is 44.0 Å². The van der Waals surface area contributed by atoms with E-state index in [1.165, 1.54) is 5.56 Å². The Labute approximate surface area is 207 Å². The summed E-state index contributed by atoms with van der Waals surface area (Å²) in [5.74, 6) is 0.931. The molecule has 1 aromatic carbocycles. The van der Waals surface area contributed by atoms with E-state index in [-0.39, 0.29) is 35.5 Å². The molecule has 0 radical (unpaired) electrons. The lowest BCUT2D eigenvalue weighted by atomic mass is 9.93. The van der Waals surface area contributed by atoms with Crippen LogP contribution in [0.4, 0.5) is 0 Å². The number of nitrogens with zero attached hydrogens (tertiary/aromatic N) is 4. The Bertz CT molecular complexity index is 866. The minimum atomic E-state index is 0. The van der Waals surface area contributed by atoms with E-state index in [1.807, 2.05) is 7.05 Å². The Morgan fingerprint density at radius 1 is 1.26 bits per heavy atom. The highest BCUT2D eigenvalue weighted by Gasteiger charge is 2.41. The predicted molar refractivity (Wildman–Crippen MR) is 138 cm³/mol. The van der Waals surface area contributed by atoms with Crippen molar-refractivity contribution in [3.05, 3.63) is 52.0 Å². The van der Waals surface area contributed by atoms with Gasteiger partial charge in [0.1, 0.15) is 5.01 Å². The molecule has 6 nitrogen and oxygen atoms in total. The molecule has 0 spiro atoms. The molecule has 2 aliphatic heterocycles. The molecule has 3 heterocycles.